The highest BCUT2D eigenvalue weighted by Crippen LogP contribution is 2.24. The summed E-state index contributed by atoms with van der Waals surface area (Å²) in [6.07, 6.45) is 4.92. The van der Waals surface area contributed by atoms with Gasteiger partial charge >= 0.3 is 0 Å². The van der Waals surface area contributed by atoms with Crippen LogP contribution in [0.15, 0.2) is 54.1 Å². The third-order valence-corrected chi connectivity index (χ3v) is 4.22. The van der Waals surface area contributed by atoms with Crippen molar-refractivity contribution in [3.8, 4) is 17.1 Å². The van der Waals surface area contributed by atoms with E-state index in [9.17, 15) is 4.79 Å². The summed E-state index contributed by atoms with van der Waals surface area (Å²) < 4.78 is 5.30. The number of amides is 1. The Kier molecular flexibility index (Phi) is 5.20. The van der Waals surface area contributed by atoms with Gasteiger partial charge in [0.2, 0.25) is 5.91 Å². The largest absolute Gasteiger partial charge is 0.496 e. The lowest BCUT2D eigenvalue weighted by Crippen LogP contribution is -2.07. The normalized spacial score (nSPS) is 10.8. The van der Waals surface area contributed by atoms with Crippen LogP contribution in [0.3, 0.4) is 0 Å². The molecule has 5 nitrogen and oxygen atoms in total. The first-order chi connectivity index (χ1) is 12.2. The van der Waals surface area contributed by atoms with Gasteiger partial charge in [0.1, 0.15) is 11.4 Å². The third-order valence-electron chi connectivity index (χ3n) is 3.46. The van der Waals surface area contributed by atoms with Gasteiger partial charge in [-0.3, -0.25) is 15.1 Å². The number of nitrogens with zero attached hydrogens (tertiary/aromatic N) is 2. The number of anilines is 1. The van der Waals surface area contributed by atoms with Crippen LogP contribution in [0.25, 0.3) is 17.5 Å². The van der Waals surface area contributed by atoms with Gasteiger partial charge in [0.25, 0.3) is 0 Å². The quantitative estimate of drug-likeness (QED) is 0.701. The number of aryl methyl sites for hydroxylation is 1. The molecule has 3 rings (SSSR count). The standard InChI is InChI=1S/C19H17N3O2S/c1-13-6-8-17(24-2)14(11-13)7-9-18(23)22-19-21-16(12-25-19)15-5-3-4-10-20-15/h3-12H,1-2H3,(H,21,22,23)/b9-7+. The zero-order valence-corrected chi connectivity index (χ0v) is 14.7. The molecule has 3 aromatic rings. The van der Waals surface area contributed by atoms with Gasteiger partial charge in [-0.25, -0.2) is 4.98 Å². The Morgan fingerprint density at radius 3 is 2.88 bits per heavy atom. The predicted molar refractivity (Wildman–Crippen MR) is 101 cm³/mol. The Balaban J connectivity index is 1.69. The molecule has 126 valence electrons. The summed E-state index contributed by atoms with van der Waals surface area (Å²) in [5.74, 6) is 0.479. The van der Waals surface area contributed by atoms with Crippen LogP contribution in [0.1, 0.15) is 11.1 Å². The van der Waals surface area contributed by atoms with E-state index < -0.39 is 0 Å². The number of pyridine rings is 1. The summed E-state index contributed by atoms with van der Waals surface area (Å²) in [6, 6.07) is 11.4. The monoisotopic (exact) mass is 351 g/mol. The van der Waals surface area contributed by atoms with E-state index in [2.05, 4.69) is 15.3 Å². The smallest absolute Gasteiger partial charge is 0.250 e. The SMILES string of the molecule is COc1ccc(C)cc1/C=C/C(=O)Nc1nc(-c2ccccn2)cs1. The number of nitrogens with one attached hydrogen (secondary N) is 1. The number of benzene rings is 1. The van der Waals surface area contributed by atoms with Crippen molar-refractivity contribution in [2.45, 2.75) is 6.92 Å². The van der Waals surface area contributed by atoms with Crippen LogP contribution in [-0.4, -0.2) is 23.0 Å². The highest BCUT2D eigenvalue weighted by Gasteiger charge is 2.07. The Hall–Kier alpha value is -2.99. The molecular weight excluding hydrogens is 334 g/mol. The van der Waals surface area contributed by atoms with E-state index in [1.54, 1.807) is 19.4 Å². The molecule has 25 heavy (non-hydrogen) atoms. The van der Waals surface area contributed by atoms with E-state index in [1.165, 1.54) is 17.4 Å². The fourth-order valence-corrected chi connectivity index (χ4v) is 2.97. The van der Waals surface area contributed by atoms with Crippen LogP contribution in [0.4, 0.5) is 5.13 Å². The molecule has 0 radical (unpaired) electrons. The Morgan fingerprint density at radius 2 is 2.12 bits per heavy atom. The molecular formula is C19H17N3O2S. The maximum Gasteiger partial charge on any atom is 0.250 e. The van der Waals surface area contributed by atoms with Crippen molar-refractivity contribution in [3.63, 3.8) is 0 Å². The highest BCUT2D eigenvalue weighted by molar-refractivity contribution is 7.14. The van der Waals surface area contributed by atoms with Crippen molar-refractivity contribution in [2.75, 3.05) is 12.4 Å². The number of hydrogen-bond acceptors (Lipinski definition) is 5. The molecule has 0 aliphatic heterocycles. The molecule has 2 heterocycles. The third kappa shape index (κ3) is 4.30. The Morgan fingerprint density at radius 1 is 1.24 bits per heavy atom. The molecule has 2 aromatic heterocycles. The Bertz CT molecular complexity index is 904. The molecule has 0 saturated carbocycles. The molecule has 0 bridgehead atoms. The second-order valence-corrected chi connectivity index (χ2v) is 6.18. The van der Waals surface area contributed by atoms with Crippen molar-refractivity contribution in [1.82, 2.24) is 9.97 Å². The van der Waals surface area contributed by atoms with Crippen LogP contribution >= 0.6 is 11.3 Å². The van der Waals surface area contributed by atoms with E-state index in [4.69, 9.17) is 4.74 Å². The zero-order chi connectivity index (χ0) is 17.6. The van der Waals surface area contributed by atoms with Gasteiger partial charge in [-0.1, -0.05) is 17.7 Å². The molecule has 0 aliphatic carbocycles. The zero-order valence-electron chi connectivity index (χ0n) is 13.9. The van der Waals surface area contributed by atoms with Gasteiger partial charge in [-0.15, -0.1) is 11.3 Å². The predicted octanol–water partition coefficient (Wildman–Crippen LogP) is 4.17. The molecule has 0 fully saturated rings. The molecule has 0 spiro atoms. The summed E-state index contributed by atoms with van der Waals surface area (Å²) in [5.41, 5.74) is 3.47. The van der Waals surface area contributed by atoms with Crippen LogP contribution in [0, 0.1) is 6.92 Å². The van der Waals surface area contributed by atoms with Crippen LogP contribution < -0.4 is 10.1 Å². The second kappa shape index (κ2) is 7.72. The topological polar surface area (TPSA) is 64.1 Å². The molecule has 0 saturated heterocycles. The van der Waals surface area contributed by atoms with Crippen LogP contribution in [-0.2, 0) is 4.79 Å². The van der Waals surface area contributed by atoms with Crippen molar-refractivity contribution >= 4 is 28.5 Å². The lowest BCUT2D eigenvalue weighted by Gasteiger charge is -2.05. The molecule has 0 atom stereocenters. The minimum absolute atomic E-state index is 0.245. The van der Waals surface area contributed by atoms with Gasteiger partial charge in [0, 0.05) is 23.2 Å². The number of methoxy groups -OCH3 is 1. The maximum atomic E-state index is 12.1. The molecule has 0 unspecified atom stereocenters. The highest BCUT2D eigenvalue weighted by atomic mass is 32.1. The van der Waals surface area contributed by atoms with Gasteiger partial charge in [0.05, 0.1) is 12.8 Å². The van der Waals surface area contributed by atoms with Gasteiger partial charge < -0.3 is 4.74 Å². The van der Waals surface area contributed by atoms with E-state index in [0.29, 0.717) is 5.13 Å². The van der Waals surface area contributed by atoms with Gasteiger partial charge in [0.15, 0.2) is 5.13 Å². The average Bonchev–Trinajstić information content (AvgIpc) is 3.09. The average molecular weight is 351 g/mol. The summed E-state index contributed by atoms with van der Waals surface area (Å²) in [7, 11) is 1.61. The molecule has 1 aromatic carbocycles. The van der Waals surface area contributed by atoms with Crippen LogP contribution in [0.5, 0.6) is 5.75 Å². The number of thiazole rings is 1. The fourth-order valence-electron chi connectivity index (χ4n) is 2.26. The molecule has 0 aliphatic rings. The molecule has 6 heteroatoms. The molecule has 1 N–H and O–H groups in total. The minimum atomic E-state index is -0.245. The Labute approximate surface area is 150 Å². The lowest BCUT2D eigenvalue weighted by atomic mass is 10.1. The summed E-state index contributed by atoms with van der Waals surface area (Å²) in [4.78, 5) is 20.8. The lowest BCUT2D eigenvalue weighted by molar-refractivity contribution is -0.111. The van der Waals surface area contributed by atoms with E-state index in [0.717, 1.165) is 28.3 Å². The van der Waals surface area contributed by atoms with Crippen molar-refractivity contribution in [3.05, 3.63) is 65.2 Å². The van der Waals surface area contributed by atoms with E-state index >= 15 is 0 Å². The second-order valence-electron chi connectivity index (χ2n) is 5.32. The van der Waals surface area contributed by atoms with Crippen molar-refractivity contribution in [2.24, 2.45) is 0 Å². The first kappa shape index (κ1) is 16.9. The van der Waals surface area contributed by atoms with Gasteiger partial charge in [-0.2, -0.15) is 0 Å². The number of ether oxygens (including phenoxy) is 1. The number of carbonyl (C=O) groups excluding carboxylic acids is 1. The summed E-state index contributed by atoms with van der Waals surface area (Å²) in [6.45, 7) is 1.99. The number of hydrogen-bond donors (Lipinski definition) is 1. The number of rotatable bonds is 5. The first-order valence-corrected chi connectivity index (χ1v) is 8.54. The minimum Gasteiger partial charge on any atom is -0.496 e. The van der Waals surface area contributed by atoms with Crippen LogP contribution in [0.2, 0.25) is 0 Å². The van der Waals surface area contributed by atoms with E-state index in [-0.39, 0.29) is 5.91 Å². The maximum absolute atomic E-state index is 12.1. The first-order valence-electron chi connectivity index (χ1n) is 7.66. The summed E-state index contributed by atoms with van der Waals surface area (Å²) >= 11 is 1.36. The molecule has 1 amide bonds. The fraction of sp³-hybridized carbons (Fsp3) is 0.105. The van der Waals surface area contributed by atoms with Crippen molar-refractivity contribution in [1.29, 1.82) is 0 Å². The number of aromatic nitrogens is 2. The summed E-state index contributed by atoms with van der Waals surface area (Å²) in [5, 5.41) is 5.17. The van der Waals surface area contributed by atoms with Crippen molar-refractivity contribution < 1.29 is 9.53 Å². The number of carbonyl (C=O) groups is 1. The van der Waals surface area contributed by atoms with E-state index in [1.807, 2.05) is 48.7 Å². The van der Waals surface area contributed by atoms with Gasteiger partial charge in [-0.05, 0) is 37.3 Å².